The fourth-order valence-corrected chi connectivity index (χ4v) is 6.08. The number of amides is 4. The second-order valence-corrected chi connectivity index (χ2v) is 12.2. The van der Waals surface area contributed by atoms with E-state index in [1.54, 1.807) is 32.1 Å². The Hall–Kier alpha value is -3.19. The number of aromatic hydroxyl groups is 1. The summed E-state index contributed by atoms with van der Waals surface area (Å²) in [6.07, 6.45) is 3.07. The number of carbonyl (C=O) groups excluding carboxylic acids is 5. The Labute approximate surface area is 235 Å². The normalized spacial score (nSPS) is 26.9. The molecule has 1 saturated heterocycles. The fraction of sp³-hybridized carbons (Fsp3) is 0.500. The molecule has 2 heterocycles. The van der Waals surface area contributed by atoms with Crippen molar-refractivity contribution in [2.75, 3.05) is 18.1 Å². The molecule has 0 unspecified atom stereocenters. The summed E-state index contributed by atoms with van der Waals surface area (Å²) in [5, 5.41) is 20.3. The van der Waals surface area contributed by atoms with Crippen LogP contribution in [0.3, 0.4) is 0 Å². The van der Waals surface area contributed by atoms with E-state index in [0.717, 1.165) is 0 Å². The third-order valence-corrected chi connectivity index (χ3v) is 8.47. The minimum Gasteiger partial charge on any atom is -0.508 e. The van der Waals surface area contributed by atoms with Crippen molar-refractivity contribution in [3.05, 3.63) is 42.0 Å². The van der Waals surface area contributed by atoms with Crippen LogP contribution in [0.25, 0.3) is 0 Å². The first-order valence-electron chi connectivity index (χ1n) is 12.7. The van der Waals surface area contributed by atoms with Crippen molar-refractivity contribution < 1.29 is 33.8 Å². The van der Waals surface area contributed by atoms with Crippen LogP contribution in [0.4, 0.5) is 0 Å². The Morgan fingerprint density at radius 3 is 2.44 bits per heavy atom. The fourth-order valence-electron chi connectivity index (χ4n) is 3.92. The molecule has 0 aromatic heterocycles. The summed E-state index contributed by atoms with van der Waals surface area (Å²) >= 11 is 0. The molecule has 39 heavy (non-hydrogen) atoms. The molecule has 1 aromatic carbocycles. The first-order chi connectivity index (χ1) is 18.6. The third kappa shape index (κ3) is 9.81. The van der Waals surface area contributed by atoms with E-state index in [9.17, 15) is 29.1 Å². The Balaban J connectivity index is 1.96. The number of esters is 1. The standard InChI is InChI=1S/C26H34N4O7S2/c1-15(2)23-26(36)29-20-14-39-38-10-4-3-5-18(12-21(32)30-23)37-22(33)13-27-24(34)19(28-25(20)35)11-16-6-8-17(31)9-7-16/h3,5-9,15,18-20,23,31H,4,10-14H2,1-2H3,(H,27,34)(H,28,35)(H,29,36)(H,30,32)/b5-3+/t18-,19-,20-,23-/m1/s1. The highest BCUT2D eigenvalue weighted by Gasteiger charge is 2.32. The number of hydrogen-bond acceptors (Lipinski definition) is 9. The minimum atomic E-state index is -1.08. The number of phenols is 1. The molecular weight excluding hydrogens is 544 g/mol. The van der Waals surface area contributed by atoms with Crippen LogP contribution in [0.1, 0.15) is 32.3 Å². The first kappa shape index (κ1) is 30.4. The van der Waals surface area contributed by atoms with Gasteiger partial charge in [0, 0.05) is 17.9 Å². The molecular formula is C26H34N4O7S2. The zero-order valence-corrected chi connectivity index (χ0v) is 23.4. The van der Waals surface area contributed by atoms with Gasteiger partial charge in [-0.15, -0.1) is 0 Å². The lowest BCUT2D eigenvalue weighted by molar-refractivity contribution is -0.148. The molecule has 2 aliphatic rings. The van der Waals surface area contributed by atoms with Gasteiger partial charge < -0.3 is 31.1 Å². The summed E-state index contributed by atoms with van der Waals surface area (Å²) in [6.45, 7) is 3.07. The van der Waals surface area contributed by atoms with Crippen LogP contribution in [-0.4, -0.2) is 77.0 Å². The SMILES string of the molecule is CC(C)[C@H]1NC(=O)C[C@H]2/C=C/CCSSC[C@@H](NC1=O)C(=O)N[C@H](Cc1ccc(O)cc1)C(=O)NCC(=O)O2. The topological polar surface area (TPSA) is 163 Å². The van der Waals surface area contributed by atoms with E-state index < -0.39 is 60.4 Å². The van der Waals surface area contributed by atoms with Crippen molar-refractivity contribution in [1.29, 1.82) is 0 Å². The molecule has 1 fully saturated rings. The first-order valence-corrected chi connectivity index (χ1v) is 15.2. The molecule has 0 radical (unpaired) electrons. The van der Waals surface area contributed by atoms with E-state index in [4.69, 9.17) is 4.74 Å². The van der Waals surface area contributed by atoms with E-state index in [1.807, 2.05) is 6.08 Å². The number of rotatable bonds is 3. The number of hydrogen-bond donors (Lipinski definition) is 5. The molecule has 0 spiro atoms. The molecule has 3 rings (SSSR count). The molecule has 2 aliphatic heterocycles. The van der Waals surface area contributed by atoms with Crippen LogP contribution < -0.4 is 21.3 Å². The van der Waals surface area contributed by atoms with Crippen LogP contribution in [0.15, 0.2) is 36.4 Å². The van der Waals surface area contributed by atoms with Crippen molar-refractivity contribution in [3.63, 3.8) is 0 Å². The average molecular weight is 579 g/mol. The second kappa shape index (κ2) is 14.8. The van der Waals surface area contributed by atoms with E-state index in [0.29, 0.717) is 17.7 Å². The predicted octanol–water partition coefficient (Wildman–Crippen LogP) is 0.818. The zero-order chi connectivity index (χ0) is 28.4. The van der Waals surface area contributed by atoms with Crippen LogP contribution >= 0.6 is 21.6 Å². The maximum atomic E-state index is 13.4. The van der Waals surface area contributed by atoms with E-state index in [1.165, 1.54) is 33.7 Å². The summed E-state index contributed by atoms with van der Waals surface area (Å²) in [5.74, 6) is -2.30. The van der Waals surface area contributed by atoms with E-state index >= 15 is 0 Å². The molecule has 212 valence electrons. The van der Waals surface area contributed by atoms with Crippen molar-refractivity contribution in [2.24, 2.45) is 5.92 Å². The largest absolute Gasteiger partial charge is 0.508 e. The average Bonchev–Trinajstić information content (AvgIpc) is 2.88. The zero-order valence-electron chi connectivity index (χ0n) is 21.8. The van der Waals surface area contributed by atoms with Gasteiger partial charge >= 0.3 is 5.97 Å². The van der Waals surface area contributed by atoms with Crippen LogP contribution in [-0.2, 0) is 35.1 Å². The van der Waals surface area contributed by atoms with E-state index in [-0.39, 0.29) is 30.3 Å². The van der Waals surface area contributed by atoms with Gasteiger partial charge in [0.25, 0.3) is 0 Å². The molecule has 1 aromatic rings. The van der Waals surface area contributed by atoms with Crippen LogP contribution in [0.2, 0.25) is 0 Å². The summed E-state index contributed by atoms with van der Waals surface area (Å²) in [5.41, 5.74) is 0.662. The quantitative estimate of drug-likeness (QED) is 0.199. The Morgan fingerprint density at radius 1 is 0.974 bits per heavy atom. The highest BCUT2D eigenvalue weighted by Crippen LogP contribution is 2.24. The van der Waals surface area contributed by atoms with Gasteiger partial charge in [0.15, 0.2) is 0 Å². The molecule has 0 saturated carbocycles. The van der Waals surface area contributed by atoms with Gasteiger partial charge in [-0.25, -0.2) is 0 Å². The van der Waals surface area contributed by atoms with Gasteiger partial charge in [-0.05, 0) is 36.1 Å². The number of ether oxygens (including phenoxy) is 1. The Kier molecular flexibility index (Phi) is 11.5. The minimum absolute atomic E-state index is 0.0537. The van der Waals surface area contributed by atoms with Gasteiger partial charge in [0.05, 0.1) is 6.42 Å². The molecule has 11 nitrogen and oxygen atoms in total. The number of benzene rings is 1. The van der Waals surface area contributed by atoms with Gasteiger partial charge in [-0.1, -0.05) is 53.6 Å². The number of nitrogens with one attached hydrogen (secondary N) is 4. The van der Waals surface area contributed by atoms with Crippen molar-refractivity contribution in [3.8, 4) is 5.75 Å². The maximum Gasteiger partial charge on any atom is 0.326 e. The monoisotopic (exact) mass is 578 g/mol. The number of phenolic OH excluding ortho intramolecular Hbond substituents is 1. The molecule has 2 bridgehead atoms. The lowest BCUT2D eigenvalue weighted by atomic mass is 10.0. The van der Waals surface area contributed by atoms with Crippen molar-refractivity contribution >= 4 is 51.2 Å². The Morgan fingerprint density at radius 2 is 1.72 bits per heavy atom. The van der Waals surface area contributed by atoms with Crippen LogP contribution in [0.5, 0.6) is 5.75 Å². The third-order valence-electron chi connectivity index (χ3n) is 6.02. The van der Waals surface area contributed by atoms with Crippen molar-refractivity contribution in [1.82, 2.24) is 21.3 Å². The van der Waals surface area contributed by atoms with Gasteiger partial charge in [0.2, 0.25) is 23.6 Å². The molecule has 5 N–H and O–H groups in total. The van der Waals surface area contributed by atoms with Crippen molar-refractivity contribution in [2.45, 2.75) is 57.3 Å². The molecule has 13 heteroatoms. The smallest absolute Gasteiger partial charge is 0.326 e. The summed E-state index contributed by atoms with van der Waals surface area (Å²) in [7, 11) is 2.92. The second-order valence-electron chi connectivity index (χ2n) is 9.56. The predicted molar refractivity (Wildman–Crippen MR) is 149 cm³/mol. The molecule has 0 aliphatic carbocycles. The molecule has 4 atom stereocenters. The summed E-state index contributed by atoms with van der Waals surface area (Å²) < 4.78 is 5.47. The van der Waals surface area contributed by atoms with Gasteiger partial charge in [0.1, 0.15) is 36.5 Å². The van der Waals surface area contributed by atoms with Gasteiger partial charge in [-0.3, -0.25) is 24.0 Å². The van der Waals surface area contributed by atoms with E-state index in [2.05, 4.69) is 21.3 Å². The number of carbonyl (C=O) groups is 5. The number of fused-ring (bicyclic) bond motifs is 7. The highest BCUT2D eigenvalue weighted by molar-refractivity contribution is 8.76. The Bertz CT molecular complexity index is 1080. The lowest BCUT2D eigenvalue weighted by Crippen LogP contribution is -2.59. The maximum absolute atomic E-state index is 13.4. The number of allylic oxidation sites excluding steroid dienone is 1. The molecule has 4 amide bonds. The summed E-state index contributed by atoms with van der Waals surface area (Å²) in [6, 6.07) is 3.18. The van der Waals surface area contributed by atoms with Crippen LogP contribution in [0, 0.1) is 5.92 Å². The highest BCUT2D eigenvalue weighted by atomic mass is 33.1. The summed E-state index contributed by atoms with van der Waals surface area (Å²) in [4.78, 5) is 65.2. The van der Waals surface area contributed by atoms with Gasteiger partial charge in [-0.2, -0.15) is 0 Å². The lowest BCUT2D eigenvalue weighted by Gasteiger charge is -2.27.